The van der Waals surface area contributed by atoms with E-state index in [2.05, 4.69) is 22.1 Å². The number of nitrogens with zero attached hydrogens (tertiary/aromatic N) is 2. The quantitative estimate of drug-likeness (QED) is 0.804. The molecular formula is C19H22F3N3OS. The fourth-order valence-electron chi connectivity index (χ4n) is 3.09. The van der Waals surface area contributed by atoms with Gasteiger partial charge in [-0.15, -0.1) is 11.3 Å². The molecule has 27 heavy (non-hydrogen) atoms. The SMILES string of the molecule is CC1CCN(Cc2csc(NC(=O)Cc3cccc(C(F)(F)F)c3)n2)CC1. The lowest BCUT2D eigenvalue weighted by Crippen LogP contribution is -2.32. The Hall–Kier alpha value is -1.93. The summed E-state index contributed by atoms with van der Waals surface area (Å²) in [7, 11) is 0. The molecule has 0 bridgehead atoms. The average Bonchev–Trinajstić information content (AvgIpc) is 3.03. The number of carbonyl (C=O) groups is 1. The van der Waals surface area contributed by atoms with E-state index >= 15 is 0 Å². The summed E-state index contributed by atoms with van der Waals surface area (Å²) in [5.41, 5.74) is 0.477. The maximum absolute atomic E-state index is 12.8. The van der Waals surface area contributed by atoms with E-state index in [0.29, 0.717) is 10.7 Å². The molecule has 1 N–H and O–H groups in total. The molecule has 1 amide bonds. The molecule has 146 valence electrons. The third-order valence-electron chi connectivity index (χ3n) is 4.68. The second-order valence-electron chi connectivity index (χ2n) is 7.03. The Morgan fingerprint density at radius 2 is 2.07 bits per heavy atom. The first-order valence-electron chi connectivity index (χ1n) is 8.92. The molecule has 0 unspecified atom stereocenters. The van der Waals surface area contributed by atoms with Gasteiger partial charge in [-0.2, -0.15) is 13.2 Å². The molecule has 8 heteroatoms. The predicted octanol–water partition coefficient (Wildman–Crippen LogP) is 4.58. The number of nitrogens with one attached hydrogen (secondary N) is 1. The highest BCUT2D eigenvalue weighted by Gasteiger charge is 2.30. The van der Waals surface area contributed by atoms with E-state index in [-0.39, 0.29) is 12.3 Å². The molecule has 1 aromatic carbocycles. The molecule has 1 aliphatic rings. The number of piperidine rings is 1. The number of aromatic nitrogens is 1. The number of thiazole rings is 1. The molecule has 1 aliphatic heterocycles. The van der Waals surface area contributed by atoms with Crippen LogP contribution in [0.3, 0.4) is 0 Å². The van der Waals surface area contributed by atoms with Crippen molar-refractivity contribution in [3.05, 3.63) is 46.5 Å². The summed E-state index contributed by atoms with van der Waals surface area (Å²) in [5.74, 6) is 0.393. The number of anilines is 1. The number of benzene rings is 1. The van der Waals surface area contributed by atoms with E-state index in [4.69, 9.17) is 0 Å². The van der Waals surface area contributed by atoms with Crippen LogP contribution in [0.25, 0.3) is 0 Å². The van der Waals surface area contributed by atoms with E-state index < -0.39 is 11.7 Å². The van der Waals surface area contributed by atoms with Crippen molar-refractivity contribution in [3.63, 3.8) is 0 Å². The van der Waals surface area contributed by atoms with Crippen LogP contribution in [0.5, 0.6) is 0 Å². The van der Waals surface area contributed by atoms with Crippen molar-refractivity contribution >= 4 is 22.4 Å². The largest absolute Gasteiger partial charge is 0.416 e. The number of carbonyl (C=O) groups excluding carboxylic acids is 1. The Morgan fingerprint density at radius 3 is 2.78 bits per heavy atom. The number of hydrogen-bond acceptors (Lipinski definition) is 4. The molecule has 0 atom stereocenters. The summed E-state index contributed by atoms with van der Waals surface area (Å²) in [5, 5.41) is 5.08. The van der Waals surface area contributed by atoms with Crippen molar-refractivity contribution in [3.8, 4) is 0 Å². The number of likely N-dealkylation sites (tertiary alicyclic amines) is 1. The molecule has 1 saturated heterocycles. The van der Waals surface area contributed by atoms with Crippen LogP contribution in [-0.2, 0) is 23.9 Å². The molecule has 2 aromatic rings. The first-order valence-corrected chi connectivity index (χ1v) is 9.80. The predicted molar refractivity (Wildman–Crippen MR) is 99.6 cm³/mol. The average molecular weight is 397 g/mol. The molecule has 1 aromatic heterocycles. The molecule has 3 rings (SSSR count). The van der Waals surface area contributed by atoms with Gasteiger partial charge in [-0.3, -0.25) is 9.69 Å². The number of hydrogen-bond donors (Lipinski definition) is 1. The standard InChI is InChI=1S/C19H22F3N3OS/c1-13-5-7-25(8-6-13)11-16-12-27-18(23-16)24-17(26)10-14-3-2-4-15(9-14)19(20,21)22/h2-4,9,12-13H,5-8,10-11H2,1H3,(H,23,24,26). The lowest BCUT2D eigenvalue weighted by atomic mass is 9.99. The summed E-state index contributed by atoms with van der Waals surface area (Å²) >= 11 is 1.34. The van der Waals surface area contributed by atoms with Crippen molar-refractivity contribution in [2.24, 2.45) is 5.92 Å². The lowest BCUT2D eigenvalue weighted by molar-refractivity contribution is -0.137. The van der Waals surface area contributed by atoms with Gasteiger partial charge in [0.2, 0.25) is 5.91 Å². The highest BCUT2D eigenvalue weighted by Crippen LogP contribution is 2.29. The monoisotopic (exact) mass is 397 g/mol. The van der Waals surface area contributed by atoms with Crippen molar-refractivity contribution in [2.45, 2.75) is 38.9 Å². The Labute approximate surface area is 160 Å². The van der Waals surface area contributed by atoms with Gasteiger partial charge in [-0.1, -0.05) is 25.1 Å². The summed E-state index contributed by atoms with van der Waals surface area (Å²) in [6, 6.07) is 4.83. The van der Waals surface area contributed by atoms with E-state index in [1.54, 1.807) is 0 Å². The van der Waals surface area contributed by atoms with Crippen LogP contribution in [0.15, 0.2) is 29.6 Å². The van der Waals surface area contributed by atoms with Crippen LogP contribution in [-0.4, -0.2) is 28.9 Å². The highest BCUT2D eigenvalue weighted by molar-refractivity contribution is 7.13. The Morgan fingerprint density at radius 1 is 1.33 bits per heavy atom. The molecule has 4 nitrogen and oxygen atoms in total. The van der Waals surface area contributed by atoms with Crippen molar-refractivity contribution in [1.82, 2.24) is 9.88 Å². The van der Waals surface area contributed by atoms with Gasteiger partial charge < -0.3 is 5.32 Å². The van der Waals surface area contributed by atoms with Gasteiger partial charge in [-0.25, -0.2) is 4.98 Å². The fraction of sp³-hybridized carbons (Fsp3) is 0.474. The third-order valence-corrected chi connectivity index (χ3v) is 5.49. The van der Waals surface area contributed by atoms with Crippen LogP contribution in [0, 0.1) is 5.92 Å². The van der Waals surface area contributed by atoms with Crippen LogP contribution in [0.4, 0.5) is 18.3 Å². The molecular weight excluding hydrogens is 375 g/mol. The maximum atomic E-state index is 12.8. The molecule has 0 radical (unpaired) electrons. The van der Waals surface area contributed by atoms with Gasteiger partial charge >= 0.3 is 6.18 Å². The van der Waals surface area contributed by atoms with Crippen LogP contribution in [0.2, 0.25) is 0 Å². The van der Waals surface area contributed by atoms with Crippen molar-refractivity contribution in [1.29, 1.82) is 0 Å². The van der Waals surface area contributed by atoms with Crippen molar-refractivity contribution < 1.29 is 18.0 Å². The molecule has 0 spiro atoms. The third kappa shape index (κ3) is 5.77. The van der Waals surface area contributed by atoms with Crippen LogP contribution in [0.1, 0.15) is 36.6 Å². The van der Waals surface area contributed by atoms with E-state index in [1.165, 1.54) is 36.3 Å². The Kier molecular flexibility index (Phi) is 6.16. The lowest BCUT2D eigenvalue weighted by Gasteiger charge is -2.29. The second-order valence-corrected chi connectivity index (χ2v) is 7.88. The zero-order valence-electron chi connectivity index (χ0n) is 15.1. The summed E-state index contributed by atoms with van der Waals surface area (Å²) in [6.07, 6.45) is -2.17. The zero-order chi connectivity index (χ0) is 19.4. The Bertz CT molecular complexity index is 783. The van der Waals surface area contributed by atoms with Gasteiger partial charge in [0.25, 0.3) is 0 Å². The van der Waals surface area contributed by atoms with Crippen LogP contribution >= 0.6 is 11.3 Å². The van der Waals surface area contributed by atoms with Gasteiger partial charge in [0, 0.05) is 11.9 Å². The number of alkyl halides is 3. The number of rotatable bonds is 5. The highest BCUT2D eigenvalue weighted by atomic mass is 32.1. The van der Waals surface area contributed by atoms with Gasteiger partial charge in [0.05, 0.1) is 17.7 Å². The summed E-state index contributed by atoms with van der Waals surface area (Å²) in [4.78, 5) is 18.9. The molecule has 0 saturated carbocycles. The normalized spacial score (nSPS) is 16.4. The number of halogens is 3. The minimum absolute atomic E-state index is 0.122. The fourth-order valence-corrected chi connectivity index (χ4v) is 3.81. The van der Waals surface area contributed by atoms with E-state index in [1.807, 2.05) is 5.38 Å². The molecule has 0 aliphatic carbocycles. The van der Waals surface area contributed by atoms with Gasteiger partial charge in [0.1, 0.15) is 0 Å². The summed E-state index contributed by atoms with van der Waals surface area (Å²) in [6.45, 7) is 5.12. The van der Waals surface area contributed by atoms with E-state index in [0.717, 1.165) is 43.4 Å². The topological polar surface area (TPSA) is 45.2 Å². The van der Waals surface area contributed by atoms with Gasteiger partial charge in [-0.05, 0) is 43.5 Å². The zero-order valence-corrected chi connectivity index (χ0v) is 15.9. The Balaban J connectivity index is 1.53. The maximum Gasteiger partial charge on any atom is 0.416 e. The second kappa shape index (κ2) is 8.39. The van der Waals surface area contributed by atoms with Gasteiger partial charge in [0.15, 0.2) is 5.13 Å². The molecule has 2 heterocycles. The first kappa shape index (κ1) is 19.8. The van der Waals surface area contributed by atoms with E-state index in [9.17, 15) is 18.0 Å². The smallest absolute Gasteiger partial charge is 0.302 e. The molecule has 1 fully saturated rings. The van der Waals surface area contributed by atoms with Crippen LogP contribution < -0.4 is 5.32 Å². The first-order chi connectivity index (χ1) is 12.8. The van der Waals surface area contributed by atoms with Crippen molar-refractivity contribution in [2.75, 3.05) is 18.4 Å². The summed E-state index contributed by atoms with van der Waals surface area (Å²) < 4.78 is 38.3. The minimum Gasteiger partial charge on any atom is -0.302 e. The minimum atomic E-state index is -4.41. The number of amides is 1.